The zero-order valence-electron chi connectivity index (χ0n) is 15.8. The lowest BCUT2D eigenvalue weighted by atomic mass is 9.99. The second kappa shape index (κ2) is 8.02. The lowest BCUT2D eigenvalue weighted by Gasteiger charge is -2.30. The van der Waals surface area contributed by atoms with Crippen LogP contribution >= 0.6 is 23.8 Å². The topological polar surface area (TPSA) is 88.8 Å². The Labute approximate surface area is 179 Å². The number of aromatic amines is 1. The van der Waals surface area contributed by atoms with Gasteiger partial charge in [0.1, 0.15) is 5.82 Å². The maximum atomic E-state index is 12.0. The lowest BCUT2D eigenvalue weighted by Crippen LogP contribution is -2.39. The molecule has 8 nitrogen and oxygen atoms in total. The van der Waals surface area contributed by atoms with E-state index in [1.165, 1.54) is 10.6 Å². The van der Waals surface area contributed by atoms with Gasteiger partial charge in [-0.3, -0.25) is 14.3 Å². The molecule has 1 fully saturated rings. The summed E-state index contributed by atoms with van der Waals surface area (Å²) in [5.41, 5.74) is 1.75. The van der Waals surface area contributed by atoms with E-state index in [1.54, 1.807) is 10.9 Å². The van der Waals surface area contributed by atoms with Gasteiger partial charge in [-0.1, -0.05) is 29.8 Å². The van der Waals surface area contributed by atoms with Crippen LogP contribution in [0.5, 0.6) is 0 Å². The maximum absolute atomic E-state index is 12.0. The smallest absolute Gasteiger partial charge is 0.211 e. The van der Waals surface area contributed by atoms with Gasteiger partial charge in [-0.05, 0) is 36.7 Å². The zero-order chi connectivity index (χ0) is 20.6. The molecule has 29 heavy (non-hydrogen) atoms. The van der Waals surface area contributed by atoms with Gasteiger partial charge in [-0.25, -0.2) is 12.7 Å². The molecule has 1 aliphatic rings. The van der Waals surface area contributed by atoms with Gasteiger partial charge in [0, 0.05) is 30.2 Å². The van der Waals surface area contributed by atoms with Crippen molar-refractivity contribution in [1.29, 1.82) is 0 Å². The van der Waals surface area contributed by atoms with E-state index in [1.807, 2.05) is 35.0 Å². The average Bonchev–Trinajstić information content (AvgIpc) is 3.29. The van der Waals surface area contributed by atoms with E-state index >= 15 is 0 Å². The van der Waals surface area contributed by atoms with Crippen LogP contribution in [0.3, 0.4) is 0 Å². The first-order valence-corrected chi connectivity index (χ1v) is 11.8. The summed E-state index contributed by atoms with van der Waals surface area (Å²) in [6.07, 6.45) is 6.48. The van der Waals surface area contributed by atoms with E-state index in [0.29, 0.717) is 29.4 Å². The molecule has 1 atom stereocenters. The van der Waals surface area contributed by atoms with E-state index in [4.69, 9.17) is 23.8 Å². The van der Waals surface area contributed by atoms with Gasteiger partial charge >= 0.3 is 0 Å². The highest BCUT2D eigenvalue weighted by Gasteiger charge is 2.30. The molecule has 2 aromatic heterocycles. The average molecular weight is 453 g/mol. The van der Waals surface area contributed by atoms with Crippen LogP contribution < -0.4 is 0 Å². The third kappa shape index (κ3) is 4.30. The lowest BCUT2D eigenvalue weighted by molar-refractivity contribution is 0.309. The molecule has 0 aliphatic carbocycles. The third-order valence-corrected chi connectivity index (χ3v) is 7.00. The van der Waals surface area contributed by atoms with Crippen molar-refractivity contribution in [1.82, 2.24) is 28.9 Å². The summed E-state index contributed by atoms with van der Waals surface area (Å²) in [7, 11) is -3.24. The Morgan fingerprint density at radius 3 is 2.90 bits per heavy atom. The largest absolute Gasteiger partial charge is 0.269 e. The van der Waals surface area contributed by atoms with E-state index in [-0.39, 0.29) is 5.92 Å². The van der Waals surface area contributed by atoms with Crippen molar-refractivity contribution in [3.05, 3.63) is 57.8 Å². The zero-order valence-corrected chi connectivity index (χ0v) is 18.2. The molecule has 1 aliphatic heterocycles. The summed E-state index contributed by atoms with van der Waals surface area (Å²) >= 11 is 11.7. The molecule has 1 N–H and O–H groups in total. The minimum absolute atomic E-state index is 0.0432. The number of piperidine rings is 1. The van der Waals surface area contributed by atoms with Crippen LogP contribution in [0.25, 0.3) is 5.69 Å². The number of benzene rings is 1. The Morgan fingerprint density at radius 1 is 1.34 bits per heavy atom. The number of nitrogens with one attached hydrogen (secondary N) is 1. The second-order valence-electron chi connectivity index (χ2n) is 7.17. The number of halogens is 1. The fraction of sp³-hybridized carbons (Fsp3) is 0.389. The highest BCUT2D eigenvalue weighted by atomic mass is 35.5. The molecule has 1 aromatic carbocycles. The SMILES string of the molecule is CS(=O)(=O)N1CCCC(c2n[nH]c(=S)n2-c2cnn(Cc3ccccc3Cl)c2)C1. The monoisotopic (exact) mass is 452 g/mol. The summed E-state index contributed by atoms with van der Waals surface area (Å²) in [5.74, 6) is 0.680. The normalized spacial score (nSPS) is 18.2. The first-order chi connectivity index (χ1) is 13.8. The summed E-state index contributed by atoms with van der Waals surface area (Å²) in [6.45, 7) is 1.47. The second-order valence-corrected chi connectivity index (χ2v) is 9.95. The van der Waals surface area contributed by atoms with E-state index in [0.717, 1.165) is 29.9 Å². The Balaban J connectivity index is 1.62. The fourth-order valence-corrected chi connectivity index (χ4v) is 4.99. The molecule has 3 aromatic rings. The Morgan fingerprint density at radius 2 is 2.14 bits per heavy atom. The van der Waals surface area contributed by atoms with Crippen molar-refractivity contribution >= 4 is 33.8 Å². The fourth-order valence-electron chi connectivity index (χ4n) is 3.64. The number of sulfonamides is 1. The Hall–Kier alpha value is -2.01. The highest BCUT2D eigenvalue weighted by molar-refractivity contribution is 7.88. The summed E-state index contributed by atoms with van der Waals surface area (Å²) < 4.78 is 29.5. The summed E-state index contributed by atoms with van der Waals surface area (Å²) in [5, 5.41) is 12.4. The minimum Gasteiger partial charge on any atom is -0.269 e. The predicted molar refractivity (Wildman–Crippen MR) is 113 cm³/mol. The molecule has 4 rings (SSSR count). The van der Waals surface area contributed by atoms with Gasteiger partial charge in [0.05, 0.1) is 24.7 Å². The van der Waals surface area contributed by atoms with Gasteiger partial charge in [0.2, 0.25) is 10.0 Å². The predicted octanol–water partition coefficient (Wildman–Crippen LogP) is 2.97. The quantitative estimate of drug-likeness (QED) is 0.601. The van der Waals surface area contributed by atoms with Gasteiger partial charge in [0.15, 0.2) is 4.77 Å². The van der Waals surface area contributed by atoms with Crippen LogP contribution in [0.15, 0.2) is 36.7 Å². The number of rotatable bonds is 5. The van der Waals surface area contributed by atoms with Crippen LogP contribution in [-0.2, 0) is 16.6 Å². The van der Waals surface area contributed by atoms with Crippen molar-refractivity contribution in [2.24, 2.45) is 0 Å². The van der Waals surface area contributed by atoms with E-state index in [2.05, 4.69) is 15.3 Å². The van der Waals surface area contributed by atoms with Crippen LogP contribution in [-0.4, -0.2) is 56.6 Å². The van der Waals surface area contributed by atoms with Crippen molar-refractivity contribution < 1.29 is 8.42 Å². The first-order valence-electron chi connectivity index (χ1n) is 9.21. The van der Waals surface area contributed by atoms with E-state index < -0.39 is 10.0 Å². The van der Waals surface area contributed by atoms with Crippen LogP contribution in [0.1, 0.15) is 30.1 Å². The molecule has 11 heteroatoms. The number of hydrogen-bond donors (Lipinski definition) is 1. The Bertz CT molecular complexity index is 1180. The number of hydrogen-bond acceptors (Lipinski definition) is 5. The summed E-state index contributed by atoms with van der Waals surface area (Å²) in [6, 6.07) is 7.64. The van der Waals surface area contributed by atoms with Crippen molar-refractivity contribution in [2.45, 2.75) is 25.3 Å². The van der Waals surface area contributed by atoms with Gasteiger partial charge in [-0.2, -0.15) is 10.2 Å². The van der Waals surface area contributed by atoms with Gasteiger partial charge < -0.3 is 0 Å². The standard InChI is InChI=1S/C18H21ClN6O2S2/c1-29(26,27)24-8-4-6-14(11-24)17-21-22-18(28)25(17)15-9-20-23(12-15)10-13-5-2-3-7-16(13)19/h2-3,5,7,9,12,14H,4,6,8,10-11H2,1H3,(H,22,28). The third-order valence-electron chi connectivity index (χ3n) is 5.08. The highest BCUT2D eigenvalue weighted by Crippen LogP contribution is 2.28. The molecule has 1 unspecified atom stereocenters. The van der Waals surface area contributed by atoms with Crippen molar-refractivity contribution in [3.63, 3.8) is 0 Å². The molecular weight excluding hydrogens is 432 g/mol. The molecular formula is C18H21ClN6O2S2. The first kappa shape index (κ1) is 20.3. The van der Waals surface area contributed by atoms with Crippen LogP contribution in [0, 0.1) is 4.77 Å². The molecule has 1 saturated heterocycles. The van der Waals surface area contributed by atoms with Crippen LogP contribution in [0.2, 0.25) is 5.02 Å². The Kier molecular flexibility index (Phi) is 5.60. The number of aromatic nitrogens is 5. The molecule has 0 bridgehead atoms. The summed E-state index contributed by atoms with van der Waals surface area (Å²) in [4.78, 5) is 0. The van der Waals surface area contributed by atoms with Crippen molar-refractivity contribution in [3.8, 4) is 5.69 Å². The molecule has 0 amide bonds. The number of nitrogens with zero attached hydrogens (tertiary/aromatic N) is 5. The molecule has 3 heterocycles. The van der Waals surface area contributed by atoms with E-state index in [9.17, 15) is 8.42 Å². The molecule has 154 valence electrons. The maximum Gasteiger partial charge on any atom is 0.211 e. The molecule has 0 spiro atoms. The van der Waals surface area contributed by atoms with Gasteiger partial charge in [0.25, 0.3) is 0 Å². The minimum atomic E-state index is -3.24. The number of H-pyrrole nitrogens is 1. The molecule has 0 radical (unpaired) electrons. The van der Waals surface area contributed by atoms with Crippen molar-refractivity contribution in [2.75, 3.05) is 19.3 Å². The van der Waals surface area contributed by atoms with Crippen LogP contribution in [0.4, 0.5) is 0 Å². The van der Waals surface area contributed by atoms with Gasteiger partial charge in [-0.15, -0.1) is 0 Å². The molecule has 0 saturated carbocycles.